The van der Waals surface area contributed by atoms with Gasteiger partial charge in [0.1, 0.15) is 5.75 Å². The number of hydrogen-bond donors (Lipinski definition) is 0. The van der Waals surface area contributed by atoms with Gasteiger partial charge in [-0.15, -0.1) is 0 Å². The molecule has 2 unspecified atom stereocenters. The third kappa shape index (κ3) is 3.79. The van der Waals surface area contributed by atoms with Crippen LogP contribution in [0.2, 0.25) is 0 Å². The first-order valence-electron chi connectivity index (χ1n) is 9.46. The Labute approximate surface area is 156 Å². The van der Waals surface area contributed by atoms with Gasteiger partial charge >= 0.3 is 0 Å². The monoisotopic (exact) mass is 354 g/mol. The van der Waals surface area contributed by atoms with Crippen LogP contribution in [-0.2, 0) is 17.3 Å². The molecule has 1 fully saturated rings. The predicted octanol–water partition coefficient (Wildman–Crippen LogP) is 4.45. The average molecular weight is 354 g/mol. The van der Waals surface area contributed by atoms with Crippen molar-refractivity contribution >= 4 is 5.91 Å². The lowest BCUT2D eigenvalue weighted by Gasteiger charge is -2.28. The highest BCUT2D eigenvalue weighted by Crippen LogP contribution is 2.33. The first-order valence-corrected chi connectivity index (χ1v) is 9.46. The molecule has 1 aromatic carbocycles. The fourth-order valence-corrected chi connectivity index (χ4v) is 3.68. The second kappa shape index (κ2) is 7.18. The third-order valence-corrected chi connectivity index (χ3v) is 5.22. The number of nitrogens with zero attached hydrogens (tertiary/aromatic N) is 2. The van der Waals surface area contributed by atoms with Gasteiger partial charge in [0.25, 0.3) is 5.91 Å². The molecule has 26 heavy (non-hydrogen) atoms. The van der Waals surface area contributed by atoms with E-state index in [9.17, 15) is 4.79 Å². The zero-order valence-electron chi connectivity index (χ0n) is 16.5. The highest BCUT2D eigenvalue weighted by atomic mass is 16.5. The molecule has 1 aliphatic rings. The maximum absolute atomic E-state index is 13.0. The minimum absolute atomic E-state index is 0.0548. The molecule has 0 spiro atoms. The van der Waals surface area contributed by atoms with Crippen LogP contribution in [-0.4, -0.2) is 28.0 Å². The Balaban J connectivity index is 1.73. The van der Waals surface area contributed by atoms with Gasteiger partial charge in [-0.25, -0.2) is 0 Å². The summed E-state index contributed by atoms with van der Waals surface area (Å²) in [4.78, 5) is 15.0. The van der Waals surface area contributed by atoms with Crippen LogP contribution in [0.25, 0.3) is 0 Å². The number of rotatable bonds is 4. The van der Waals surface area contributed by atoms with E-state index in [4.69, 9.17) is 4.74 Å². The Hall–Kier alpha value is -2.23. The van der Waals surface area contributed by atoms with Crippen molar-refractivity contribution in [2.45, 2.75) is 58.1 Å². The van der Waals surface area contributed by atoms with E-state index in [0.29, 0.717) is 0 Å². The van der Waals surface area contributed by atoms with Crippen molar-refractivity contribution in [1.29, 1.82) is 0 Å². The number of benzene rings is 1. The highest BCUT2D eigenvalue weighted by molar-refractivity contribution is 5.81. The Bertz CT molecular complexity index is 772. The Kier molecular flexibility index (Phi) is 5.12. The number of aromatic nitrogens is 1. The molecule has 3 rings (SSSR count). The van der Waals surface area contributed by atoms with Crippen molar-refractivity contribution in [3.63, 3.8) is 0 Å². The molecule has 1 aliphatic heterocycles. The fourth-order valence-electron chi connectivity index (χ4n) is 3.68. The maximum atomic E-state index is 13.0. The molecule has 4 nitrogen and oxygen atoms in total. The van der Waals surface area contributed by atoms with Crippen LogP contribution in [0.4, 0.5) is 0 Å². The normalized spacial score (nSPS) is 18.8. The largest absolute Gasteiger partial charge is 0.481 e. The fraction of sp³-hybridized carbons (Fsp3) is 0.500. The van der Waals surface area contributed by atoms with Crippen LogP contribution in [0.1, 0.15) is 57.8 Å². The number of hydrogen-bond acceptors (Lipinski definition) is 2. The molecular weight excluding hydrogens is 324 g/mol. The van der Waals surface area contributed by atoms with Crippen LogP contribution >= 0.6 is 0 Å². The second-order valence-corrected chi connectivity index (χ2v) is 8.27. The van der Waals surface area contributed by atoms with E-state index in [-0.39, 0.29) is 17.4 Å². The summed E-state index contributed by atoms with van der Waals surface area (Å²) < 4.78 is 8.13. The summed E-state index contributed by atoms with van der Waals surface area (Å²) in [6, 6.07) is 12.4. The predicted molar refractivity (Wildman–Crippen MR) is 104 cm³/mol. The maximum Gasteiger partial charge on any atom is 0.263 e. The van der Waals surface area contributed by atoms with Gasteiger partial charge in [0.15, 0.2) is 6.10 Å². The summed E-state index contributed by atoms with van der Waals surface area (Å²) in [5.41, 5.74) is 2.45. The van der Waals surface area contributed by atoms with Crippen LogP contribution in [0.5, 0.6) is 5.75 Å². The van der Waals surface area contributed by atoms with Gasteiger partial charge < -0.3 is 14.2 Å². The number of carbonyl (C=O) groups is 1. The van der Waals surface area contributed by atoms with E-state index in [1.165, 1.54) is 11.3 Å². The van der Waals surface area contributed by atoms with E-state index in [1.54, 1.807) is 0 Å². The standard InChI is InChI=1S/C22H30N2O2/c1-16(26-18-10-6-9-17(15-18)22(2,3)4)21(25)24-14-8-12-20(24)19-11-7-13-23(19)5/h6-7,9-11,13,15-16,20H,8,12,14H2,1-5H3. The van der Waals surface area contributed by atoms with Crippen molar-refractivity contribution < 1.29 is 9.53 Å². The molecule has 0 bridgehead atoms. The van der Waals surface area contributed by atoms with Crippen molar-refractivity contribution in [1.82, 2.24) is 9.47 Å². The number of carbonyl (C=O) groups excluding carboxylic acids is 1. The Morgan fingerprint density at radius 2 is 2.00 bits per heavy atom. The molecule has 2 atom stereocenters. The molecule has 2 aromatic rings. The van der Waals surface area contributed by atoms with Gasteiger partial charge in [-0.2, -0.15) is 0 Å². The van der Waals surface area contributed by atoms with E-state index in [0.717, 1.165) is 25.1 Å². The summed E-state index contributed by atoms with van der Waals surface area (Å²) in [6.07, 6.45) is 3.59. The van der Waals surface area contributed by atoms with Crippen molar-refractivity contribution in [3.8, 4) is 5.75 Å². The molecule has 0 aliphatic carbocycles. The second-order valence-electron chi connectivity index (χ2n) is 8.27. The Morgan fingerprint density at radius 1 is 1.23 bits per heavy atom. The molecule has 140 valence electrons. The van der Waals surface area contributed by atoms with Gasteiger partial charge in [-0.05, 0) is 55.0 Å². The van der Waals surface area contributed by atoms with Crippen LogP contribution in [0.15, 0.2) is 42.6 Å². The van der Waals surface area contributed by atoms with Gasteiger partial charge in [-0.3, -0.25) is 4.79 Å². The molecule has 0 N–H and O–H groups in total. The number of ether oxygens (including phenoxy) is 1. The molecule has 1 saturated heterocycles. The van der Waals surface area contributed by atoms with Gasteiger partial charge in [0.2, 0.25) is 0 Å². The van der Waals surface area contributed by atoms with Crippen LogP contribution in [0, 0.1) is 0 Å². The minimum atomic E-state index is -0.494. The summed E-state index contributed by atoms with van der Waals surface area (Å²) in [6.45, 7) is 9.18. The molecular formula is C22H30N2O2. The lowest BCUT2D eigenvalue weighted by molar-refractivity contribution is -0.139. The quantitative estimate of drug-likeness (QED) is 0.813. The molecule has 4 heteroatoms. The first-order chi connectivity index (χ1) is 12.3. The topological polar surface area (TPSA) is 34.5 Å². The SMILES string of the molecule is CC(Oc1cccc(C(C)(C)C)c1)C(=O)N1CCCC1c1cccn1C. The lowest BCUT2D eigenvalue weighted by Crippen LogP contribution is -2.40. The molecule has 2 heterocycles. The smallest absolute Gasteiger partial charge is 0.263 e. The Morgan fingerprint density at radius 3 is 2.65 bits per heavy atom. The zero-order chi connectivity index (χ0) is 18.9. The zero-order valence-corrected chi connectivity index (χ0v) is 16.5. The van der Waals surface area contributed by atoms with Crippen LogP contribution < -0.4 is 4.74 Å². The molecule has 0 radical (unpaired) electrons. The highest BCUT2D eigenvalue weighted by Gasteiger charge is 2.34. The van der Waals surface area contributed by atoms with Gasteiger partial charge in [0, 0.05) is 25.5 Å². The van der Waals surface area contributed by atoms with E-state index in [2.05, 4.69) is 37.5 Å². The lowest BCUT2D eigenvalue weighted by atomic mass is 9.87. The average Bonchev–Trinajstić information content (AvgIpc) is 3.21. The van der Waals surface area contributed by atoms with E-state index < -0.39 is 6.10 Å². The van der Waals surface area contributed by atoms with E-state index in [1.807, 2.05) is 49.3 Å². The van der Waals surface area contributed by atoms with Crippen LogP contribution in [0.3, 0.4) is 0 Å². The number of amides is 1. The summed E-state index contributed by atoms with van der Waals surface area (Å²) in [5.74, 6) is 0.822. The summed E-state index contributed by atoms with van der Waals surface area (Å²) in [7, 11) is 2.04. The number of likely N-dealkylation sites (tertiary alicyclic amines) is 1. The first kappa shape index (κ1) is 18.6. The third-order valence-electron chi connectivity index (χ3n) is 5.22. The molecule has 1 amide bonds. The van der Waals surface area contributed by atoms with Crippen molar-refractivity contribution in [2.75, 3.05) is 6.54 Å². The van der Waals surface area contributed by atoms with Crippen molar-refractivity contribution in [3.05, 3.63) is 53.9 Å². The van der Waals surface area contributed by atoms with Gasteiger partial charge in [-0.1, -0.05) is 32.9 Å². The molecule has 1 aromatic heterocycles. The minimum Gasteiger partial charge on any atom is -0.481 e. The summed E-state index contributed by atoms with van der Waals surface area (Å²) >= 11 is 0. The van der Waals surface area contributed by atoms with Gasteiger partial charge in [0.05, 0.1) is 6.04 Å². The van der Waals surface area contributed by atoms with Crippen molar-refractivity contribution in [2.24, 2.45) is 7.05 Å². The summed E-state index contributed by atoms with van der Waals surface area (Å²) in [5, 5.41) is 0. The van der Waals surface area contributed by atoms with E-state index >= 15 is 0 Å². The molecule has 0 saturated carbocycles. The number of aryl methyl sites for hydroxylation is 1.